The van der Waals surface area contributed by atoms with Crippen LogP contribution in [0, 0.1) is 0 Å². The highest BCUT2D eigenvalue weighted by atomic mass is 16.5. The minimum absolute atomic E-state index is 0.190. The maximum atomic E-state index is 6.04. The molecule has 1 aliphatic heterocycles. The van der Waals surface area contributed by atoms with Gasteiger partial charge in [-0.25, -0.2) is 4.98 Å². The number of hydrogen-bond donors (Lipinski definition) is 2. The van der Waals surface area contributed by atoms with Gasteiger partial charge in [-0.1, -0.05) is 0 Å². The van der Waals surface area contributed by atoms with Crippen molar-refractivity contribution in [2.24, 2.45) is 10.7 Å². The van der Waals surface area contributed by atoms with Gasteiger partial charge < -0.3 is 15.8 Å². The molecule has 1 aliphatic carbocycles. The lowest BCUT2D eigenvalue weighted by molar-refractivity contribution is 0.0939. The highest BCUT2D eigenvalue weighted by molar-refractivity contribution is 5.77. The molecule has 0 radical (unpaired) electrons. The summed E-state index contributed by atoms with van der Waals surface area (Å²) in [5, 5.41) is 3.38. The van der Waals surface area contributed by atoms with E-state index in [1.165, 1.54) is 0 Å². The van der Waals surface area contributed by atoms with Crippen LogP contribution in [0.2, 0.25) is 0 Å². The van der Waals surface area contributed by atoms with E-state index >= 15 is 0 Å². The van der Waals surface area contributed by atoms with Crippen molar-refractivity contribution in [3.8, 4) is 5.88 Å². The number of piperidine rings is 1. The molecular weight excluding hydrogens is 266 g/mol. The highest BCUT2D eigenvalue weighted by Crippen LogP contribution is 2.33. The minimum atomic E-state index is 0.190. The third kappa shape index (κ3) is 3.50. The average molecular weight is 289 g/mol. The quantitative estimate of drug-likeness (QED) is 0.643. The van der Waals surface area contributed by atoms with Crippen LogP contribution in [0.25, 0.3) is 0 Å². The predicted octanol–water partition coefficient (Wildman–Crippen LogP) is 1.23. The molecule has 1 aromatic rings. The lowest BCUT2D eigenvalue weighted by atomic mass is 9.89. The van der Waals surface area contributed by atoms with Gasteiger partial charge in [0.2, 0.25) is 5.88 Å². The molecule has 21 heavy (non-hydrogen) atoms. The summed E-state index contributed by atoms with van der Waals surface area (Å²) in [7, 11) is 0. The molecule has 6 nitrogen and oxygen atoms in total. The molecule has 3 N–H and O–H groups in total. The van der Waals surface area contributed by atoms with Crippen molar-refractivity contribution in [3.63, 3.8) is 0 Å². The Balaban J connectivity index is 1.62. The summed E-state index contributed by atoms with van der Waals surface area (Å²) >= 11 is 0. The normalized spacial score (nSPS) is 27.2. The zero-order chi connectivity index (χ0) is 14.7. The molecule has 1 aromatic heterocycles. The first kappa shape index (κ1) is 14.3. The van der Waals surface area contributed by atoms with Crippen molar-refractivity contribution < 1.29 is 4.74 Å². The molecule has 0 unspecified atom stereocenters. The smallest absolute Gasteiger partial charge is 0.236 e. The molecule has 114 valence electrons. The standard InChI is InChI=1S/C15H23N5O/c1-10(16)20-12-8-13(9-12)21-15-14(18-6-7-19-15)11-2-4-17-5-3-11/h6-7,11-13,17H,2-5,8-9H2,1H3,(H2,16,20). The summed E-state index contributed by atoms with van der Waals surface area (Å²) in [5.74, 6) is 1.81. The lowest BCUT2D eigenvalue weighted by Gasteiger charge is -2.33. The number of aliphatic imine (C=N–C) groups is 1. The second-order valence-electron chi connectivity index (χ2n) is 5.91. The van der Waals surface area contributed by atoms with E-state index in [-0.39, 0.29) is 6.10 Å². The van der Waals surface area contributed by atoms with E-state index in [9.17, 15) is 0 Å². The molecule has 3 rings (SSSR count). The summed E-state index contributed by atoms with van der Waals surface area (Å²) in [6.45, 7) is 3.90. The van der Waals surface area contributed by atoms with Crippen LogP contribution in [-0.4, -0.2) is 41.0 Å². The highest BCUT2D eigenvalue weighted by Gasteiger charge is 2.32. The topological polar surface area (TPSA) is 85.4 Å². The van der Waals surface area contributed by atoms with Crippen LogP contribution in [0.1, 0.15) is 44.2 Å². The Labute approximate surface area is 125 Å². The van der Waals surface area contributed by atoms with E-state index in [0.29, 0.717) is 23.7 Å². The first-order chi connectivity index (χ1) is 10.2. The molecule has 0 amide bonds. The zero-order valence-corrected chi connectivity index (χ0v) is 12.5. The van der Waals surface area contributed by atoms with Crippen LogP contribution < -0.4 is 15.8 Å². The van der Waals surface area contributed by atoms with E-state index in [4.69, 9.17) is 10.5 Å². The van der Waals surface area contributed by atoms with Crippen molar-refractivity contribution in [2.75, 3.05) is 13.1 Å². The second-order valence-corrected chi connectivity index (χ2v) is 5.91. The van der Waals surface area contributed by atoms with E-state index in [2.05, 4.69) is 20.3 Å². The Kier molecular flexibility index (Phi) is 4.34. The van der Waals surface area contributed by atoms with E-state index in [1.807, 2.05) is 6.92 Å². The van der Waals surface area contributed by atoms with Gasteiger partial charge in [0.05, 0.1) is 11.9 Å². The van der Waals surface area contributed by atoms with Gasteiger partial charge in [-0.15, -0.1) is 0 Å². The van der Waals surface area contributed by atoms with Crippen LogP contribution in [0.4, 0.5) is 0 Å². The summed E-state index contributed by atoms with van der Waals surface area (Å²) in [4.78, 5) is 13.3. The third-order valence-electron chi connectivity index (χ3n) is 4.15. The molecule has 1 saturated heterocycles. The van der Waals surface area contributed by atoms with Crippen molar-refractivity contribution >= 4 is 5.84 Å². The van der Waals surface area contributed by atoms with Crippen LogP contribution in [0.3, 0.4) is 0 Å². The SMILES string of the molecule is CC(N)=NC1CC(Oc2nccnc2C2CCNCC2)C1. The maximum absolute atomic E-state index is 6.04. The van der Waals surface area contributed by atoms with Crippen molar-refractivity contribution in [2.45, 2.75) is 50.7 Å². The average Bonchev–Trinajstić information content (AvgIpc) is 2.46. The number of nitrogens with two attached hydrogens (primary N) is 1. The molecule has 0 atom stereocenters. The van der Waals surface area contributed by atoms with Gasteiger partial charge >= 0.3 is 0 Å². The molecule has 2 heterocycles. The van der Waals surface area contributed by atoms with Crippen molar-refractivity contribution in [1.82, 2.24) is 15.3 Å². The molecule has 0 aromatic carbocycles. The van der Waals surface area contributed by atoms with Crippen LogP contribution in [0.15, 0.2) is 17.4 Å². The number of amidine groups is 1. The minimum Gasteiger partial charge on any atom is -0.473 e. The van der Waals surface area contributed by atoms with Gasteiger partial charge in [0.15, 0.2) is 0 Å². The molecule has 2 aliphatic rings. The van der Waals surface area contributed by atoms with Gasteiger partial charge in [-0.05, 0) is 32.9 Å². The zero-order valence-electron chi connectivity index (χ0n) is 12.5. The summed E-state index contributed by atoms with van der Waals surface area (Å²) < 4.78 is 6.04. The van der Waals surface area contributed by atoms with Crippen LogP contribution >= 0.6 is 0 Å². The van der Waals surface area contributed by atoms with E-state index in [0.717, 1.165) is 44.5 Å². The van der Waals surface area contributed by atoms with E-state index in [1.54, 1.807) is 12.4 Å². The molecule has 0 spiro atoms. The Morgan fingerprint density at radius 3 is 2.71 bits per heavy atom. The fourth-order valence-electron chi connectivity index (χ4n) is 2.99. The number of aromatic nitrogens is 2. The van der Waals surface area contributed by atoms with Crippen LogP contribution in [-0.2, 0) is 0 Å². The molecule has 1 saturated carbocycles. The monoisotopic (exact) mass is 289 g/mol. The Hall–Kier alpha value is -1.69. The first-order valence-corrected chi connectivity index (χ1v) is 7.70. The molecule has 2 fully saturated rings. The van der Waals surface area contributed by atoms with Crippen molar-refractivity contribution in [3.05, 3.63) is 18.1 Å². The van der Waals surface area contributed by atoms with E-state index < -0.39 is 0 Å². The number of ether oxygens (including phenoxy) is 1. The largest absolute Gasteiger partial charge is 0.473 e. The fourth-order valence-corrected chi connectivity index (χ4v) is 2.99. The Morgan fingerprint density at radius 2 is 2.00 bits per heavy atom. The third-order valence-corrected chi connectivity index (χ3v) is 4.15. The number of hydrogen-bond acceptors (Lipinski definition) is 5. The van der Waals surface area contributed by atoms with Gasteiger partial charge in [0.1, 0.15) is 11.8 Å². The summed E-state index contributed by atoms with van der Waals surface area (Å²) in [6, 6.07) is 0.305. The van der Waals surface area contributed by atoms with Gasteiger partial charge in [0.25, 0.3) is 0 Å². The number of nitrogens with zero attached hydrogens (tertiary/aromatic N) is 3. The molecule has 6 heteroatoms. The maximum Gasteiger partial charge on any atom is 0.236 e. The van der Waals surface area contributed by atoms with Crippen LogP contribution in [0.5, 0.6) is 5.88 Å². The van der Waals surface area contributed by atoms with Gasteiger partial charge in [-0.2, -0.15) is 0 Å². The lowest BCUT2D eigenvalue weighted by Crippen LogP contribution is -2.38. The summed E-state index contributed by atoms with van der Waals surface area (Å²) in [5.41, 5.74) is 6.62. The van der Waals surface area contributed by atoms with Gasteiger partial charge in [0, 0.05) is 31.2 Å². The molecule has 0 bridgehead atoms. The molecular formula is C15H23N5O. The second kappa shape index (κ2) is 6.39. The Morgan fingerprint density at radius 1 is 1.29 bits per heavy atom. The Bertz CT molecular complexity index is 503. The summed E-state index contributed by atoms with van der Waals surface area (Å²) in [6.07, 6.45) is 7.68. The number of nitrogens with one attached hydrogen (secondary N) is 1. The predicted molar refractivity (Wildman–Crippen MR) is 81.6 cm³/mol. The van der Waals surface area contributed by atoms with Crippen molar-refractivity contribution in [1.29, 1.82) is 0 Å². The number of rotatable bonds is 4. The fraction of sp³-hybridized carbons (Fsp3) is 0.667. The first-order valence-electron chi connectivity index (χ1n) is 7.70. The van der Waals surface area contributed by atoms with Gasteiger partial charge in [-0.3, -0.25) is 9.98 Å².